The molecule has 0 spiro atoms. The zero-order chi connectivity index (χ0) is 17.9. The quantitative estimate of drug-likeness (QED) is 0.384. The van der Waals surface area contributed by atoms with Gasteiger partial charge in [0.15, 0.2) is 5.11 Å². The van der Waals surface area contributed by atoms with Crippen molar-refractivity contribution in [1.82, 2.24) is 15.5 Å². The summed E-state index contributed by atoms with van der Waals surface area (Å²) >= 11 is 5.26. The molecule has 0 aliphatic carbocycles. The van der Waals surface area contributed by atoms with Crippen molar-refractivity contribution in [1.29, 1.82) is 0 Å². The molecule has 1 aliphatic rings. The lowest BCUT2D eigenvalue weighted by Gasteiger charge is -2.36. The number of nitrogens with one attached hydrogen (secondary N) is 2. The van der Waals surface area contributed by atoms with Gasteiger partial charge in [-0.15, -0.1) is 0 Å². The van der Waals surface area contributed by atoms with Crippen LogP contribution in [0.4, 0.5) is 0 Å². The molecule has 0 radical (unpaired) electrons. The van der Waals surface area contributed by atoms with Crippen LogP contribution in [0.3, 0.4) is 0 Å². The van der Waals surface area contributed by atoms with Crippen molar-refractivity contribution in [2.24, 2.45) is 0 Å². The molecular formula is C16H27N3O4S. The number of nitrogens with zero attached hydrogens (tertiary/aromatic N) is 1. The molecule has 136 valence electrons. The summed E-state index contributed by atoms with van der Waals surface area (Å²) in [6.45, 7) is 5.16. The molecule has 2 amide bonds. The second-order valence-electron chi connectivity index (χ2n) is 5.74. The summed E-state index contributed by atoms with van der Waals surface area (Å²) in [6, 6.07) is -0.744. The molecule has 1 saturated heterocycles. The van der Waals surface area contributed by atoms with E-state index in [-0.39, 0.29) is 23.3 Å². The van der Waals surface area contributed by atoms with E-state index in [0.717, 1.165) is 25.7 Å². The summed E-state index contributed by atoms with van der Waals surface area (Å²) in [5.41, 5.74) is 0. The van der Waals surface area contributed by atoms with Gasteiger partial charge in [0.25, 0.3) is 0 Å². The van der Waals surface area contributed by atoms with E-state index < -0.39 is 12.0 Å². The first-order valence-corrected chi connectivity index (χ1v) is 8.94. The Hall–Kier alpha value is -1.70. The molecule has 2 N–H and O–H groups in total. The van der Waals surface area contributed by atoms with Crippen molar-refractivity contribution in [2.45, 2.75) is 58.4 Å². The Morgan fingerprint density at radius 2 is 2.08 bits per heavy atom. The van der Waals surface area contributed by atoms with E-state index in [1.165, 1.54) is 0 Å². The minimum absolute atomic E-state index is 0.0856. The van der Waals surface area contributed by atoms with Crippen molar-refractivity contribution in [3.05, 3.63) is 0 Å². The topological polar surface area (TPSA) is 87.7 Å². The predicted octanol–water partition coefficient (Wildman–Crippen LogP) is 1.11. The van der Waals surface area contributed by atoms with Crippen molar-refractivity contribution < 1.29 is 19.1 Å². The van der Waals surface area contributed by atoms with Gasteiger partial charge in [0.05, 0.1) is 13.0 Å². The number of carbonyl (C=O) groups is 3. The van der Waals surface area contributed by atoms with E-state index in [4.69, 9.17) is 17.0 Å². The summed E-state index contributed by atoms with van der Waals surface area (Å²) < 4.78 is 5.04. The Kier molecular flexibility index (Phi) is 9.29. The van der Waals surface area contributed by atoms with Crippen LogP contribution in [0, 0.1) is 0 Å². The number of piperazine rings is 1. The number of esters is 1. The van der Waals surface area contributed by atoms with Gasteiger partial charge in [-0.1, -0.05) is 26.7 Å². The van der Waals surface area contributed by atoms with E-state index in [0.29, 0.717) is 26.1 Å². The highest BCUT2D eigenvalue weighted by Gasteiger charge is 2.34. The molecular weight excluding hydrogens is 330 g/mol. The van der Waals surface area contributed by atoms with Crippen LogP contribution < -0.4 is 10.6 Å². The molecule has 0 unspecified atom stereocenters. The van der Waals surface area contributed by atoms with Crippen molar-refractivity contribution >= 4 is 35.1 Å². The molecule has 8 heteroatoms. The maximum Gasteiger partial charge on any atom is 0.308 e. The van der Waals surface area contributed by atoms with Crippen LogP contribution in [0.5, 0.6) is 0 Å². The van der Waals surface area contributed by atoms with Crippen LogP contribution in [0.2, 0.25) is 0 Å². The van der Waals surface area contributed by atoms with Gasteiger partial charge in [-0.3, -0.25) is 14.4 Å². The second kappa shape index (κ2) is 11.0. The number of unbranched alkanes of at least 4 members (excludes halogenated alkanes) is 2. The van der Waals surface area contributed by atoms with Crippen LogP contribution in [-0.2, 0) is 19.1 Å². The third-order valence-electron chi connectivity index (χ3n) is 3.67. The maximum atomic E-state index is 12.1. The highest BCUT2D eigenvalue weighted by molar-refractivity contribution is 7.80. The standard InChI is InChI=1S/C16H27N3O4S/c1-3-5-6-7-13(20)18-16(24)19-9-8-17-15(22)12(19)11-14(21)23-10-4-2/h12H,3-11H2,1-2H3,(H,17,22)(H,18,20,24)/t12-/m1/s1. The predicted molar refractivity (Wildman–Crippen MR) is 94.3 cm³/mol. The fourth-order valence-electron chi connectivity index (χ4n) is 2.38. The Labute approximate surface area is 148 Å². The number of hydrogen-bond donors (Lipinski definition) is 2. The first-order chi connectivity index (χ1) is 11.5. The van der Waals surface area contributed by atoms with Gasteiger partial charge in [0.2, 0.25) is 11.8 Å². The number of amides is 2. The van der Waals surface area contributed by atoms with Gasteiger partial charge < -0.3 is 20.3 Å². The highest BCUT2D eigenvalue weighted by atomic mass is 32.1. The number of carbonyl (C=O) groups excluding carboxylic acids is 3. The lowest BCUT2D eigenvalue weighted by atomic mass is 10.1. The molecule has 7 nitrogen and oxygen atoms in total. The number of ether oxygens (including phenoxy) is 1. The molecule has 1 aliphatic heterocycles. The summed E-state index contributed by atoms with van der Waals surface area (Å²) in [5, 5.41) is 5.57. The SMILES string of the molecule is CCCCCC(=O)NC(=S)N1CCNC(=O)[C@H]1CC(=O)OCCC. The fraction of sp³-hybridized carbons (Fsp3) is 0.750. The molecule has 1 rings (SSSR count). The van der Waals surface area contributed by atoms with E-state index in [9.17, 15) is 14.4 Å². The van der Waals surface area contributed by atoms with Crippen molar-refractivity contribution in [3.8, 4) is 0 Å². The average molecular weight is 357 g/mol. The zero-order valence-corrected chi connectivity index (χ0v) is 15.2. The van der Waals surface area contributed by atoms with E-state index in [1.807, 2.05) is 6.92 Å². The van der Waals surface area contributed by atoms with Crippen LogP contribution in [0.15, 0.2) is 0 Å². The molecule has 24 heavy (non-hydrogen) atoms. The Morgan fingerprint density at radius 3 is 2.75 bits per heavy atom. The highest BCUT2D eigenvalue weighted by Crippen LogP contribution is 2.11. The van der Waals surface area contributed by atoms with Gasteiger partial charge in [-0.25, -0.2) is 0 Å². The van der Waals surface area contributed by atoms with Gasteiger partial charge in [0.1, 0.15) is 6.04 Å². The zero-order valence-electron chi connectivity index (χ0n) is 14.4. The largest absolute Gasteiger partial charge is 0.466 e. The number of thiocarbonyl (C=S) groups is 1. The van der Waals surface area contributed by atoms with Crippen LogP contribution in [-0.4, -0.2) is 53.5 Å². The minimum Gasteiger partial charge on any atom is -0.466 e. The molecule has 1 atom stereocenters. The van der Waals surface area contributed by atoms with Gasteiger partial charge in [0, 0.05) is 19.5 Å². The molecule has 0 bridgehead atoms. The van der Waals surface area contributed by atoms with Gasteiger partial charge in [-0.2, -0.15) is 0 Å². The first kappa shape index (κ1) is 20.3. The first-order valence-electron chi connectivity index (χ1n) is 8.53. The summed E-state index contributed by atoms with van der Waals surface area (Å²) in [4.78, 5) is 37.4. The number of rotatable bonds is 8. The lowest BCUT2D eigenvalue weighted by Crippen LogP contribution is -2.60. The second-order valence-corrected chi connectivity index (χ2v) is 6.12. The van der Waals surface area contributed by atoms with Crippen molar-refractivity contribution in [3.63, 3.8) is 0 Å². The summed E-state index contributed by atoms with van der Waals surface area (Å²) in [7, 11) is 0. The Balaban J connectivity index is 2.60. The molecule has 0 aromatic heterocycles. The molecule has 0 aromatic carbocycles. The fourth-order valence-corrected chi connectivity index (χ4v) is 2.71. The summed E-state index contributed by atoms with van der Waals surface area (Å²) in [5.74, 6) is -0.884. The third-order valence-corrected chi connectivity index (χ3v) is 4.01. The molecule has 1 fully saturated rings. The summed E-state index contributed by atoms with van der Waals surface area (Å²) in [6.07, 6.45) is 3.86. The van der Waals surface area contributed by atoms with Crippen LogP contribution >= 0.6 is 12.2 Å². The van der Waals surface area contributed by atoms with Gasteiger partial charge in [-0.05, 0) is 25.1 Å². The van der Waals surface area contributed by atoms with Crippen LogP contribution in [0.1, 0.15) is 52.4 Å². The lowest BCUT2D eigenvalue weighted by molar-refractivity contribution is -0.147. The Morgan fingerprint density at radius 1 is 1.33 bits per heavy atom. The van der Waals surface area contributed by atoms with E-state index in [1.54, 1.807) is 4.90 Å². The molecule has 0 aromatic rings. The monoisotopic (exact) mass is 357 g/mol. The third kappa shape index (κ3) is 6.82. The van der Waals surface area contributed by atoms with Crippen molar-refractivity contribution in [2.75, 3.05) is 19.7 Å². The average Bonchev–Trinajstić information content (AvgIpc) is 2.54. The van der Waals surface area contributed by atoms with Crippen LogP contribution in [0.25, 0.3) is 0 Å². The molecule has 1 heterocycles. The Bertz CT molecular complexity index is 470. The smallest absolute Gasteiger partial charge is 0.308 e. The number of hydrogen-bond acceptors (Lipinski definition) is 5. The molecule has 0 saturated carbocycles. The normalized spacial score (nSPS) is 17.2. The maximum absolute atomic E-state index is 12.1. The van der Waals surface area contributed by atoms with E-state index in [2.05, 4.69) is 17.6 Å². The van der Waals surface area contributed by atoms with E-state index >= 15 is 0 Å². The van der Waals surface area contributed by atoms with Gasteiger partial charge >= 0.3 is 5.97 Å². The minimum atomic E-state index is -0.744.